The molecule has 0 aromatic carbocycles. The predicted octanol–water partition coefficient (Wildman–Crippen LogP) is 2.24. The fourth-order valence-electron chi connectivity index (χ4n) is 4.11. The lowest BCUT2D eigenvalue weighted by Crippen LogP contribution is -2.43. The van der Waals surface area contributed by atoms with Crippen LogP contribution in [0.1, 0.15) is 57.8 Å². The molecule has 114 valence electrons. The smallest absolute Gasteiger partial charge is 0.320 e. The van der Waals surface area contributed by atoms with Gasteiger partial charge in [-0.05, 0) is 57.4 Å². The van der Waals surface area contributed by atoms with E-state index in [-0.39, 0.29) is 6.04 Å². The topological polar surface area (TPSA) is 52.6 Å². The van der Waals surface area contributed by atoms with Crippen LogP contribution >= 0.6 is 0 Å². The van der Waals surface area contributed by atoms with Crippen LogP contribution in [0.2, 0.25) is 0 Å². The lowest BCUT2D eigenvalue weighted by Gasteiger charge is -2.30. The number of carbonyl (C=O) groups is 1. The Morgan fingerprint density at radius 3 is 2.55 bits per heavy atom. The van der Waals surface area contributed by atoms with E-state index in [0.717, 1.165) is 37.8 Å². The van der Waals surface area contributed by atoms with Gasteiger partial charge in [-0.15, -0.1) is 0 Å². The van der Waals surface area contributed by atoms with Crippen LogP contribution in [0.4, 0.5) is 0 Å². The van der Waals surface area contributed by atoms with Gasteiger partial charge in [0.2, 0.25) is 0 Å². The first kappa shape index (κ1) is 14.3. The average molecular weight is 280 g/mol. The highest BCUT2D eigenvalue weighted by Crippen LogP contribution is 2.35. The molecular weight excluding hydrogens is 252 g/mol. The highest BCUT2D eigenvalue weighted by molar-refractivity contribution is 5.73. The van der Waals surface area contributed by atoms with E-state index in [9.17, 15) is 9.90 Å². The summed E-state index contributed by atoms with van der Waals surface area (Å²) in [5, 5.41) is 12.6. The molecule has 1 heterocycles. The molecule has 20 heavy (non-hydrogen) atoms. The van der Waals surface area contributed by atoms with Crippen LogP contribution in [0.25, 0.3) is 0 Å². The van der Waals surface area contributed by atoms with E-state index >= 15 is 0 Å². The number of nitrogens with one attached hydrogen (secondary N) is 1. The van der Waals surface area contributed by atoms with Gasteiger partial charge in [0.1, 0.15) is 6.04 Å². The minimum atomic E-state index is -0.673. The van der Waals surface area contributed by atoms with Crippen molar-refractivity contribution < 1.29 is 9.90 Å². The molecule has 1 aliphatic heterocycles. The average Bonchev–Trinajstić information content (AvgIpc) is 2.93. The summed E-state index contributed by atoms with van der Waals surface area (Å²) < 4.78 is 0. The van der Waals surface area contributed by atoms with E-state index in [1.54, 1.807) is 0 Å². The first-order chi connectivity index (χ1) is 9.74. The van der Waals surface area contributed by atoms with Crippen LogP contribution in [0, 0.1) is 5.92 Å². The molecule has 3 aliphatic rings. The Morgan fingerprint density at radius 2 is 1.90 bits per heavy atom. The molecule has 4 heteroatoms. The zero-order chi connectivity index (χ0) is 13.9. The molecule has 0 aromatic rings. The van der Waals surface area contributed by atoms with Gasteiger partial charge in [0.25, 0.3) is 0 Å². The van der Waals surface area contributed by atoms with Crippen LogP contribution in [0.15, 0.2) is 0 Å². The van der Waals surface area contributed by atoms with Crippen molar-refractivity contribution in [3.8, 4) is 0 Å². The van der Waals surface area contributed by atoms with Crippen molar-refractivity contribution >= 4 is 5.97 Å². The third-order valence-electron chi connectivity index (χ3n) is 5.38. The standard InChI is InChI=1S/C16H28N2O2/c19-16(20)14(17-13-7-8-13)9-11-18-10-3-6-15(18)12-4-1-2-5-12/h12-15,17H,1-11H2,(H,19,20). The SMILES string of the molecule is O=C(O)C(CCN1CCCC1C1CCCC1)NC1CC1. The fourth-order valence-corrected chi connectivity index (χ4v) is 4.11. The second kappa shape index (κ2) is 6.44. The fraction of sp³-hybridized carbons (Fsp3) is 0.938. The number of rotatable bonds is 7. The Hall–Kier alpha value is -0.610. The Balaban J connectivity index is 1.48. The first-order valence-electron chi connectivity index (χ1n) is 8.47. The zero-order valence-corrected chi connectivity index (χ0v) is 12.4. The van der Waals surface area contributed by atoms with E-state index in [2.05, 4.69) is 10.2 Å². The van der Waals surface area contributed by atoms with Crippen molar-refractivity contribution in [3.05, 3.63) is 0 Å². The third-order valence-corrected chi connectivity index (χ3v) is 5.38. The molecule has 0 aromatic heterocycles. The molecule has 2 unspecified atom stereocenters. The van der Waals surface area contributed by atoms with Gasteiger partial charge in [-0.2, -0.15) is 0 Å². The Kier molecular flexibility index (Phi) is 4.61. The largest absolute Gasteiger partial charge is 0.480 e. The van der Waals surface area contributed by atoms with Crippen LogP contribution < -0.4 is 5.32 Å². The monoisotopic (exact) mass is 280 g/mol. The summed E-state index contributed by atoms with van der Waals surface area (Å²) >= 11 is 0. The van der Waals surface area contributed by atoms with Crippen molar-refractivity contribution in [1.29, 1.82) is 0 Å². The van der Waals surface area contributed by atoms with E-state index < -0.39 is 5.97 Å². The van der Waals surface area contributed by atoms with Gasteiger partial charge in [-0.25, -0.2) is 0 Å². The molecule has 2 atom stereocenters. The maximum absolute atomic E-state index is 11.3. The molecule has 0 bridgehead atoms. The van der Waals surface area contributed by atoms with Crippen molar-refractivity contribution in [1.82, 2.24) is 10.2 Å². The molecule has 4 nitrogen and oxygen atoms in total. The van der Waals surface area contributed by atoms with E-state index in [1.165, 1.54) is 45.1 Å². The highest BCUT2D eigenvalue weighted by atomic mass is 16.4. The zero-order valence-electron chi connectivity index (χ0n) is 12.4. The van der Waals surface area contributed by atoms with Crippen LogP contribution in [-0.2, 0) is 4.79 Å². The molecule has 2 aliphatic carbocycles. The summed E-state index contributed by atoms with van der Waals surface area (Å²) in [6.45, 7) is 2.13. The Morgan fingerprint density at radius 1 is 1.15 bits per heavy atom. The van der Waals surface area contributed by atoms with Gasteiger partial charge in [-0.3, -0.25) is 4.79 Å². The quantitative estimate of drug-likeness (QED) is 0.751. The molecule has 0 radical (unpaired) electrons. The first-order valence-corrected chi connectivity index (χ1v) is 8.47. The van der Waals surface area contributed by atoms with Crippen LogP contribution in [0.5, 0.6) is 0 Å². The van der Waals surface area contributed by atoms with Crippen molar-refractivity contribution in [3.63, 3.8) is 0 Å². The van der Waals surface area contributed by atoms with Gasteiger partial charge in [0.05, 0.1) is 0 Å². The number of likely N-dealkylation sites (tertiary alicyclic amines) is 1. The molecule has 2 saturated carbocycles. The highest BCUT2D eigenvalue weighted by Gasteiger charge is 2.34. The third kappa shape index (κ3) is 3.53. The number of aliphatic carboxylic acids is 1. The molecule has 3 rings (SSSR count). The number of hydrogen-bond donors (Lipinski definition) is 2. The lowest BCUT2D eigenvalue weighted by atomic mass is 9.96. The predicted molar refractivity (Wildman–Crippen MR) is 78.8 cm³/mol. The normalized spacial score (nSPS) is 29.9. The number of nitrogens with zero attached hydrogens (tertiary/aromatic N) is 1. The van der Waals surface area contributed by atoms with Crippen molar-refractivity contribution in [2.75, 3.05) is 13.1 Å². The van der Waals surface area contributed by atoms with Gasteiger partial charge in [0, 0.05) is 18.6 Å². The molecule has 2 N–H and O–H groups in total. The summed E-state index contributed by atoms with van der Waals surface area (Å²) in [6.07, 6.45) is 11.3. The Bertz CT molecular complexity index is 337. The number of hydrogen-bond acceptors (Lipinski definition) is 3. The molecule has 0 amide bonds. The van der Waals surface area contributed by atoms with Gasteiger partial charge in [0.15, 0.2) is 0 Å². The summed E-state index contributed by atoms with van der Waals surface area (Å²) in [5.41, 5.74) is 0. The molecule has 0 spiro atoms. The summed E-state index contributed by atoms with van der Waals surface area (Å²) in [4.78, 5) is 13.9. The van der Waals surface area contributed by atoms with Crippen molar-refractivity contribution in [2.45, 2.75) is 75.9 Å². The molecule has 1 saturated heterocycles. The van der Waals surface area contributed by atoms with Gasteiger partial charge >= 0.3 is 5.97 Å². The second-order valence-corrected chi connectivity index (χ2v) is 6.91. The maximum Gasteiger partial charge on any atom is 0.320 e. The molecular formula is C16H28N2O2. The van der Waals surface area contributed by atoms with E-state index in [4.69, 9.17) is 0 Å². The van der Waals surface area contributed by atoms with Gasteiger partial charge < -0.3 is 15.3 Å². The van der Waals surface area contributed by atoms with Gasteiger partial charge in [-0.1, -0.05) is 12.8 Å². The molecule has 3 fully saturated rings. The minimum Gasteiger partial charge on any atom is -0.480 e. The minimum absolute atomic E-state index is 0.340. The second-order valence-electron chi connectivity index (χ2n) is 6.91. The van der Waals surface area contributed by atoms with Crippen LogP contribution in [-0.4, -0.2) is 47.2 Å². The summed E-state index contributed by atoms with van der Waals surface area (Å²) in [5.74, 6) is 0.214. The summed E-state index contributed by atoms with van der Waals surface area (Å²) in [7, 11) is 0. The maximum atomic E-state index is 11.3. The van der Waals surface area contributed by atoms with Crippen molar-refractivity contribution in [2.24, 2.45) is 5.92 Å². The Labute approximate surface area is 121 Å². The summed E-state index contributed by atoms with van der Waals surface area (Å²) in [6, 6.07) is 0.875. The number of carboxylic acid groups (broad SMARTS) is 1. The van der Waals surface area contributed by atoms with Crippen LogP contribution in [0.3, 0.4) is 0 Å². The number of carboxylic acids is 1. The van der Waals surface area contributed by atoms with E-state index in [1.807, 2.05) is 0 Å². The lowest BCUT2D eigenvalue weighted by molar-refractivity contribution is -0.139. The van der Waals surface area contributed by atoms with E-state index in [0.29, 0.717) is 6.04 Å².